The first-order chi connectivity index (χ1) is 11.4. The highest BCUT2D eigenvalue weighted by Gasteiger charge is 2.18. The molecule has 0 spiro atoms. The molecule has 128 valence electrons. The minimum atomic E-state index is -0.194. The third-order valence-electron chi connectivity index (χ3n) is 3.67. The Kier molecular flexibility index (Phi) is 5.98. The molecule has 2 aromatic rings. The van der Waals surface area contributed by atoms with Crippen LogP contribution in [0.5, 0.6) is 0 Å². The molecule has 2 amide bonds. The summed E-state index contributed by atoms with van der Waals surface area (Å²) in [4.78, 5) is 23.2. The smallest absolute Gasteiger partial charge is 0.255 e. The van der Waals surface area contributed by atoms with Crippen LogP contribution in [0.1, 0.15) is 34.2 Å². The number of carbonyl (C=O) groups is 2. The van der Waals surface area contributed by atoms with Gasteiger partial charge in [-0.25, -0.2) is 0 Å². The van der Waals surface area contributed by atoms with Gasteiger partial charge < -0.3 is 10.6 Å². The van der Waals surface area contributed by atoms with Crippen molar-refractivity contribution in [2.75, 3.05) is 13.1 Å². The maximum Gasteiger partial charge on any atom is 0.255 e. The summed E-state index contributed by atoms with van der Waals surface area (Å²) in [5.74, 6) is -0.315. The van der Waals surface area contributed by atoms with E-state index in [0.717, 1.165) is 11.3 Å². The first kappa shape index (κ1) is 18.0. The van der Waals surface area contributed by atoms with Crippen molar-refractivity contribution in [1.82, 2.24) is 20.4 Å². The topological polar surface area (TPSA) is 76.0 Å². The van der Waals surface area contributed by atoms with Gasteiger partial charge in [-0.15, -0.1) is 0 Å². The van der Waals surface area contributed by atoms with E-state index in [1.54, 1.807) is 11.6 Å². The summed E-state index contributed by atoms with van der Waals surface area (Å²) >= 11 is 6.19. The van der Waals surface area contributed by atoms with Crippen molar-refractivity contribution >= 4 is 23.4 Å². The second-order valence-corrected chi connectivity index (χ2v) is 5.94. The van der Waals surface area contributed by atoms with E-state index in [9.17, 15) is 9.59 Å². The number of hydrogen-bond acceptors (Lipinski definition) is 3. The van der Waals surface area contributed by atoms with E-state index in [0.29, 0.717) is 35.9 Å². The highest BCUT2D eigenvalue weighted by molar-refractivity contribution is 6.31. The zero-order valence-corrected chi connectivity index (χ0v) is 14.8. The molecule has 1 aromatic carbocycles. The van der Waals surface area contributed by atoms with Crippen molar-refractivity contribution in [1.29, 1.82) is 0 Å². The second kappa shape index (κ2) is 7.97. The monoisotopic (exact) mass is 348 g/mol. The number of benzene rings is 1. The molecule has 2 rings (SSSR count). The number of halogens is 1. The lowest BCUT2D eigenvalue weighted by Gasteiger charge is -2.08. The van der Waals surface area contributed by atoms with Crippen LogP contribution in [0.25, 0.3) is 0 Å². The van der Waals surface area contributed by atoms with E-state index in [1.165, 1.54) is 6.92 Å². The summed E-state index contributed by atoms with van der Waals surface area (Å²) in [6.45, 7) is 6.37. The van der Waals surface area contributed by atoms with Crippen molar-refractivity contribution in [3.05, 3.63) is 51.8 Å². The average molecular weight is 349 g/mol. The molecule has 0 saturated carbocycles. The van der Waals surface area contributed by atoms with Crippen LogP contribution >= 0.6 is 11.6 Å². The van der Waals surface area contributed by atoms with E-state index in [4.69, 9.17) is 11.6 Å². The van der Waals surface area contributed by atoms with Crippen LogP contribution in [0.2, 0.25) is 5.02 Å². The molecular weight excluding hydrogens is 328 g/mol. The number of amides is 2. The first-order valence-electron chi connectivity index (χ1n) is 7.70. The molecule has 0 aliphatic rings. The van der Waals surface area contributed by atoms with Crippen LogP contribution in [-0.2, 0) is 11.3 Å². The molecule has 0 saturated heterocycles. The maximum absolute atomic E-state index is 12.4. The Morgan fingerprint density at radius 3 is 2.50 bits per heavy atom. The number of nitrogens with one attached hydrogen (secondary N) is 2. The lowest BCUT2D eigenvalue weighted by molar-refractivity contribution is -0.118. The summed E-state index contributed by atoms with van der Waals surface area (Å²) in [7, 11) is 0. The average Bonchev–Trinajstić information content (AvgIpc) is 2.80. The number of nitrogens with zero attached hydrogens (tertiary/aromatic N) is 2. The van der Waals surface area contributed by atoms with Gasteiger partial charge in [0.1, 0.15) is 0 Å². The highest BCUT2D eigenvalue weighted by atomic mass is 35.5. The van der Waals surface area contributed by atoms with E-state index in [1.807, 2.05) is 31.2 Å². The van der Waals surface area contributed by atoms with Crippen molar-refractivity contribution in [2.24, 2.45) is 0 Å². The SMILES string of the molecule is CC(=O)NCCNC(=O)c1c(C)nn(Cc2ccccc2Cl)c1C. The molecule has 7 heteroatoms. The van der Waals surface area contributed by atoms with E-state index >= 15 is 0 Å². The minimum Gasteiger partial charge on any atom is -0.355 e. The third kappa shape index (κ3) is 4.35. The molecule has 0 bridgehead atoms. The summed E-state index contributed by atoms with van der Waals surface area (Å²) < 4.78 is 1.78. The third-order valence-corrected chi connectivity index (χ3v) is 4.04. The van der Waals surface area contributed by atoms with Crippen LogP contribution in [0.15, 0.2) is 24.3 Å². The molecule has 0 unspecified atom stereocenters. The second-order valence-electron chi connectivity index (χ2n) is 5.53. The number of carbonyl (C=O) groups excluding carboxylic acids is 2. The Morgan fingerprint density at radius 2 is 1.83 bits per heavy atom. The van der Waals surface area contributed by atoms with Gasteiger partial charge in [0, 0.05) is 30.7 Å². The molecule has 2 N–H and O–H groups in total. The maximum atomic E-state index is 12.4. The molecule has 0 fully saturated rings. The predicted octanol–water partition coefficient (Wildman–Crippen LogP) is 2.07. The van der Waals surface area contributed by atoms with Crippen LogP contribution in [0.4, 0.5) is 0 Å². The van der Waals surface area contributed by atoms with Gasteiger partial charge in [0.25, 0.3) is 5.91 Å². The van der Waals surface area contributed by atoms with Gasteiger partial charge in [0.15, 0.2) is 0 Å². The minimum absolute atomic E-state index is 0.121. The molecule has 0 radical (unpaired) electrons. The Hall–Kier alpha value is -2.34. The largest absolute Gasteiger partial charge is 0.355 e. The van der Waals surface area contributed by atoms with E-state index in [-0.39, 0.29) is 11.8 Å². The van der Waals surface area contributed by atoms with Gasteiger partial charge >= 0.3 is 0 Å². The Labute approximate surface area is 146 Å². The Balaban J connectivity index is 2.09. The van der Waals surface area contributed by atoms with Crippen LogP contribution in [0, 0.1) is 13.8 Å². The highest BCUT2D eigenvalue weighted by Crippen LogP contribution is 2.19. The molecule has 0 aliphatic carbocycles. The number of aryl methyl sites for hydroxylation is 1. The van der Waals surface area contributed by atoms with Gasteiger partial charge in [0.2, 0.25) is 5.91 Å². The zero-order valence-electron chi connectivity index (χ0n) is 14.0. The van der Waals surface area contributed by atoms with Gasteiger partial charge in [-0.05, 0) is 25.5 Å². The Bertz CT molecular complexity index is 755. The molecule has 24 heavy (non-hydrogen) atoms. The Morgan fingerprint density at radius 1 is 1.17 bits per heavy atom. The lowest BCUT2D eigenvalue weighted by atomic mass is 10.1. The van der Waals surface area contributed by atoms with Gasteiger partial charge in [-0.2, -0.15) is 5.10 Å². The quantitative estimate of drug-likeness (QED) is 0.785. The summed E-state index contributed by atoms with van der Waals surface area (Å²) in [5.41, 5.74) is 2.95. The van der Waals surface area contributed by atoms with Crippen LogP contribution < -0.4 is 10.6 Å². The van der Waals surface area contributed by atoms with Crippen molar-refractivity contribution in [3.63, 3.8) is 0 Å². The first-order valence-corrected chi connectivity index (χ1v) is 8.08. The summed E-state index contributed by atoms with van der Waals surface area (Å²) in [6, 6.07) is 7.56. The normalized spacial score (nSPS) is 10.5. The standard InChI is InChI=1S/C17H21ClN4O2/c1-11-16(17(24)20-9-8-19-13(3)23)12(2)22(21-11)10-14-6-4-5-7-15(14)18/h4-7H,8-10H2,1-3H3,(H,19,23)(H,20,24). The zero-order chi connectivity index (χ0) is 17.7. The summed E-state index contributed by atoms with van der Waals surface area (Å²) in [6.07, 6.45) is 0. The van der Waals surface area contributed by atoms with Crippen molar-refractivity contribution in [3.8, 4) is 0 Å². The van der Waals surface area contributed by atoms with Crippen molar-refractivity contribution in [2.45, 2.75) is 27.3 Å². The summed E-state index contributed by atoms with van der Waals surface area (Å²) in [5, 5.41) is 10.6. The number of rotatable bonds is 6. The number of hydrogen-bond donors (Lipinski definition) is 2. The van der Waals surface area contributed by atoms with Gasteiger partial charge in [-0.3, -0.25) is 14.3 Å². The van der Waals surface area contributed by atoms with Crippen LogP contribution in [0.3, 0.4) is 0 Å². The molecule has 0 atom stereocenters. The molecule has 1 heterocycles. The van der Waals surface area contributed by atoms with E-state index < -0.39 is 0 Å². The lowest BCUT2D eigenvalue weighted by Crippen LogP contribution is -2.34. The molecule has 6 nitrogen and oxygen atoms in total. The van der Waals surface area contributed by atoms with Crippen LogP contribution in [-0.4, -0.2) is 34.7 Å². The predicted molar refractivity (Wildman–Crippen MR) is 93.3 cm³/mol. The fourth-order valence-electron chi connectivity index (χ4n) is 2.47. The van der Waals surface area contributed by atoms with Gasteiger partial charge in [0.05, 0.1) is 17.8 Å². The van der Waals surface area contributed by atoms with Crippen molar-refractivity contribution < 1.29 is 9.59 Å². The molecular formula is C17H21ClN4O2. The fourth-order valence-corrected chi connectivity index (χ4v) is 2.67. The van der Waals surface area contributed by atoms with E-state index in [2.05, 4.69) is 15.7 Å². The molecule has 1 aromatic heterocycles. The fraction of sp³-hybridized carbons (Fsp3) is 0.353. The van der Waals surface area contributed by atoms with Gasteiger partial charge in [-0.1, -0.05) is 29.8 Å². The number of aromatic nitrogens is 2. The molecule has 0 aliphatic heterocycles.